The lowest BCUT2D eigenvalue weighted by Gasteiger charge is -2.36. The zero-order chi connectivity index (χ0) is 16.5. The first-order chi connectivity index (χ1) is 10.2. The summed E-state index contributed by atoms with van der Waals surface area (Å²) in [5, 5.41) is 11.6. The summed E-state index contributed by atoms with van der Waals surface area (Å²) in [6, 6.07) is 5.97. The van der Waals surface area contributed by atoms with Gasteiger partial charge in [0.05, 0.1) is 18.8 Å². The molecular formula is C15H17FN5O+. The van der Waals surface area contributed by atoms with Gasteiger partial charge in [-0.15, -0.1) is 0 Å². The van der Waals surface area contributed by atoms with Gasteiger partial charge in [0.1, 0.15) is 17.4 Å². The van der Waals surface area contributed by atoms with Gasteiger partial charge in [0.15, 0.2) is 5.70 Å². The minimum absolute atomic E-state index is 0.0597. The first-order valence-electron chi connectivity index (χ1n) is 6.60. The largest absolute Gasteiger partial charge is 0.338 e. The normalized spacial score (nSPS) is 22.6. The predicted molar refractivity (Wildman–Crippen MR) is 79.2 cm³/mol. The molecule has 2 rings (SSSR count). The average Bonchev–Trinajstić information content (AvgIpc) is 2.78. The van der Waals surface area contributed by atoms with E-state index in [0.29, 0.717) is 11.3 Å². The first-order valence-corrected chi connectivity index (χ1v) is 6.60. The van der Waals surface area contributed by atoms with E-state index in [-0.39, 0.29) is 16.1 Å². The molecule has 0 saturated carbocycles. The molecule has 6 nitrogen and oxygen atoms in total. The topological polar surface area (TPSA) is 91.3 Å². The first kappa shape index (κ1) is 15.8. The number of rotatable bonds is 3. The average molecular weight is 302 g/mol. The van der Waals surface area contributed by atoms with Crippen LogP contribution in [0.5, 0.6) is 0 Å². The number of benzene rings is 1. The van der Waals surface area contributed by atoms with Crippen molar-refractivity contribution in [2.75, 3.05) is 7.05 Å². The van der Waals surface area contributed by atoms with Gasteiger partial charge in [0.2, 0.25) is 12.2 Å². The summed E-state index contributed by atoms with van der Waals surface area (Å²) in [7, 11) is 1.70. The van der Waals surface area contributed by atoms with Crippen molar-refractivity contribution in [2.45, 2.75) is 19.4 Å². The highest BCUT2D eigenvalue weighted by molar-refractivity contribution is 5.75. The molecule has 1 aliphatic rings. The minimum Gasteiger partial charge on any atom is -0.338 e. The summed E-state index contributed by atoms with van der Waals surface area (Å²) < 4.78 is 13.8. The molecule has 0 fully saturated rings. The number of hydrogen-bond donors (Lipinski definition) is 2. The van der Waals surface area contributed by atoms with E-state index in [0.717, 1.165) is 0 Å². The van der Waals surface area contributed by atoms with Crippen LogP contribution < -0.4 is 11.2 Å². The summed E-state index contributed by atoms with van der Waals surface area (Å²) >= 11 is 0. The zero-order valence-corrected chi connectivity index (χ0v) is 12.6. The molecule has 0 bridgehead atoms. The number of nitrogens with zero attached hydrogens (tertiary/aromatic N) is 3. The number of likely N-dealkylation sites (N-methyl/N-ethyl adjacent to an activating group) is 1. The van der Waals surface area contributed by atoms with E-state index >= 15 is 0 Å². The van der Waals surface area contributed by atoms with E-state index in [9.17, 15) is 9.18 Å². The third-order valence-corrected chi connectivity index (χ3v) is 3.63. The van der Waals surface area contributed by atoms with Crippen molar-refractivity contribution >= 4 is 12.2 Å². The van der Waals surface area contributed by atoms with E-state index < -0.39 is 11.4 Å². The maximum Gasteiger partial charge on any atom is 0.217 e. The van der Waals surface area contributed by atoms with E-state index in [2.05, 4.69) is 10.3 Å². The highest BCUT2D eigenvalue weighted by Gasteiger charge is 2.45. The third-order valence-electron chi connectivity index (χ3n) is 3.63. The number of nitriles is 1. The molecule has 7 heteroatoms. The van der Waals surface area contributed by atoms with Crippen molar-refractivity contribution in [1.82, 2.24) is 5.32 Å². The van der Waals surface area contributed by atoms with Crippen LogP contribution in [0.4, 0.5) is 4.39 Å². The van der Waals surface area contributed by atoms with Crippen LogP contribution >= 0.6 is 0 Å². The van der Waals surface area contributed by atoms with Gasteiger partial charge < -0.3 is 5.32 Å². The van der Waals surface area contributed by atoms with Crippen molar-refractivity contribution in [1.29, 1.82) is 5.26 Å². The fourth-order valence-electron chi connectivity index (χ4n) is 2.59. The summed E-state index contributed by atoms with van der Waals surface area (Å²) in [5.74, 6) is 5.20. The molecule has 22 heavy (non-hydrogen) atoms. The quantitative estimate of drug-likeness (QED) is 0.650. The second kappa shape index (κ2) is 5.33. The predicted octanol–water partition coefficient (Wildman–Crippen LogP) is 1.25. The van der Waals surface area contributed by atoms with Crippen LogP contribution in [0.15, 0.2) is 35.1 Å². The molecule has 2 atom stereocenters. The fraction of sp³-hybridized carbons (Fsp3) is 0.267. The Hall–Kier alpha value is -2.56. The molecule has 1 heterocycles. The Morgan fingerprint density at radius 3 is 2.68 bits per heavy atom. The van der Waals surface area contributed by atoms with Crippen LogP contribution in [0.25, 0.3) is 0 Å². The van der Waals surface area contributed by atoms with Crippen LogP contribution in [0.3, 0.4) is 0 Å². The van der Waals surface area contributed by atoms with Gasteiger partial charge in [-0.05, 0) is 24.6 Å². The van der Waals surface area contributed by atoms with Crippen LogP contribution in [0, 0.1) is 17.1 Å². The van der Waals surface area contributed by atoms with Gasteiger partial charge >= 0.3 is 0 Å². The van der Waals surface area contributed by atoms with Crippen LogP contribution in [0.1, 0.15) is 25.0 Å². The monoisotopic (exact) mass is 302 g/mol. The molecule has 1 aromatic rings. The number of amides is 1. The number of carbonyl (C=O) groups is 1. The standard InChI is InChI=1S/C15H16FN5O/c1-10(22)20-15(2,14-8-19-9-21(14,3)18)12-5-4-11(7-17)13(16)6-12/h4-6,8-9H,18H2,1-3H3/p+1. The van der Waals surface area contributed by atoms with E-state index in [1.165, 1.54) is 25.4 Å². The van der Waals surface area contributed by atoms with Gasteiger partial charge in [-0.2, -0.15) is 15.7 Å². The van der Waals surface area contributed by atoms with Crippen LogP contribution in [-0.4, -0.2) is 23.9 Å². The van der Waals surface area contributed by atoms with Crippen molar-refractivity contribution in [3.05, 3.63) is 47.0 Å². The SMILES string of the molecule is CC(=O)NC(C)(C1=CN=C[N+]1(C)N)c1ccc(C#N)c(F)c1. The Labute approximate surface area is 127 Å². The summed E-state index contributed by atoms with van der Waals surface area (Å²) in [6.07, 6.45) is 3.06. The molecule has 1 aliphatic heterocycles. The van der Waals surface area contributed by atoms with E-state index in [4.69, 9.17) is 11.1 Å². The molecule has 3 N–H and O–H groups in total. The second-order valence-electron chi connectivity index (χ2n) is 5.54. The van der Waals surface area contributed by atoms with Crippen molar-refractivity contribution < 1.29 is 13.8 Å². The van der Waals surface area contributed by atoms with Crippen LogP contribution in [0.2, 0.25) is 0 Å². The number of aliphatic imine (C=N–C) groups is 1. The lowest BCUT2D eigenvalue weighted by atomic mass is 9.87. The van der Waals surface area contributed by atoms with Gasteiger partial charge in [0.25, 0.3) is 0 Å². The molecule has 114 valence electrons. The highest BCUT2D eigenvalue weighted by Crippen LogP contribution is 2.35. The molecule has 0 aliphatic carbocycles. The van der Waals surface area contributed by atoms with Gasteiger partial charge in [-0.25, -0.2) is 9.38 Å². The molecule has 1 amide bonds. The molecule has 1 aromatic carbocycles. The molecule has 0 aromatic heterocycles. The molecule has 0 radical (unpaired) electrons. The minimum atomic E-state index is -1.05. The second-order valence-corrected chi connectivity index (χ2v) is 5.54. The fourth-order valence-corrected chi connectivity index (χ4v) is 2.59. The summed E-state index contributed by atoms with van der Waals surface area (Å²) in [5.41, 5.74) is -0.0613. The lowest BCUT2D eigenvalue weighted by molar-refractivity contribution is -0.788. The summed E-state index contributed by atoms with van der Waals surface area (Å²) in [6.45, 7) is 3.09. The molecule has 2 unspecified atom stereocenters. The number of halogens is 1. The van der Waals surface area contributed by atoms with Crippen molar-refractivity contribution in [3.8, 4) is 6.07 Å². The maximum atomic E-state index is 14.0. The van der Waals surface area contributed by atoms with Gasteiger partial charge in [0, 0.05) is 6.92 Å². The summed E-state index contributed by atoms with van der Waals surface area (Å²) in [4.78, 5) is 15.7. The van der Waals surface area contributed by atoms with E-state index in [1.807, 2.05) is 0 Å². The van der Waals surface area contributed by atoms with Gasteiger partial charge in [-0.3, -0.25) is 4.79 Å². The number of nitrogens with two attached hydrogens (primary N) is 1. The maximum absolute atomic E-state index is 14.0. The van der Waals surface area contributed by atoms with E-state index in [1.54, 1.807) is 32.3 Å². The molecular weight excluding hydrogens is 285 g/mol. The number of hydrogen-bond acceptors (Lipinski definition) is 4. The van der Waals surface area contributed by atoms with Gasteiger partial charge in [-0.1, -0.05) is 6.07 Å². The highest BCUT2D eigenvalue weighted by atomic mass is 19.1. The number of nitrogens with one attached hydrogen (secondary N) is 1. The van der Waals surface area contributed by atoms with Crippen molar-refractivity contribution in [2.24, 2.45) is 10.8 Å². The Morgan fingerprint density at radius 2 is 2.23 bits per heavy atom. The molecule has 0 spiro atoms. The number of carbonyl (C=O) groups excluding carboxylic acids is 1. The van der Waals surface area contributed by atoms with Crippen molar-refractivity contribution in [3.63, 3.8) is 0 Å². The Balaban J connectivity index is 2.59. The van der Waals surface area contributed by atoms with Crippen LogP contribution in [-0.2, 0) is 10.3 Å². The molecule has 0 saturated heterocycles. The third kappa shape index (κ3) is 2.62. The smallest absolute Gasteiger partial charge is 0.217 e. The lowest BCUT2D eigenvalue weighted by Crippen LogP contribution is -2.57. The Bertz CT molecular complexity index is 732. The zero-order valence-electron chi connectivity index (χ0n) is 12.6. The Kier molecular flexibility index (Phi) is 3.83. The number of quaternary nitrogens is 1. The Morgan fingerprint density at radius 1 is 1.55 bits per heavy atom.